The summed E-state index contributed by atoms with van der Waals surface area (Å²) >= 11 is 7.76. The first-order chi connectivity index (χ1) is 8.40. The van der Waals surface area contributed by atoms with Gasteiger partial charge in [-0.15, -0.1) is 11.3 Å². The fourth-order valence-corrected chi connectivity index (χ4v) is 3.32. The average molecular weight is 282 g/mol. The van der Waals surface area contributed by atoms with Crippen LogP contribution in [0.4, 0.5) is 0 Å². The molecular formula is C14H16ClNOS. The number of thiazole rings is 1. The molecule has 1 atom stereocenters. The first-order valence-corrected chi connectivity index (χ1v) is 7.00. The van der Waals surface area contributed by atoms with E-state index in [2.05, 4.69) is 4.98 Å². The number of rotatable bonds is 3. The number of hydrogen-bond acceptors (Lipinski definition) is 3. The van der Waals surface area contributed by atoms with Crippen LogP contribution >= 0.6 is 22.9 Å². The molecule has 0 aliphatic carbocycles. The molecule has 0 amide bonds. The molecule has 0 saturated carbocycles. The minimum atomic E-state index is -0.991. The van der Waals surface area contributed by atoms with Gasteiger partial charge in [-0.3, -0.25) is 0 Å². The number of nitrogens with zero attached hydrogens (tertiary/aromatic N) is 1. The van der Waals surface area contributed by atoms with Crippen LogP contribution in [0.25, 0.3) is 0 Å². The Kier molecular flexibility index (Phi) is 3.76. The monoisotopic (exact) mass is 281 g/mol. The molecule has 0 aliphatic rings. The van der Waals surface area contributed by atoms with E-state index in [0.717, 1.165) is 16.3 Å². The predicted octanol–water partition coefficient (Wildman–Crippen LogP) is 3.86. The highest BCUT2D eigenvalue weighted by Gasteiger charge is 2.27. The van der Waals surface area contributed by atoms with Crippen LogP contribution in [-0.4, -0.2) is 10.1 Å². The lowest BCUT2D eigenvalue weighted by Gasteiger charge is -2.23. The van der Waals surface area contributed by atoms with E-state index in [0.29, 0.717) is 11.4 Å². The molecule has 1 N–H and O–H groups in total. The number of benzene rings is 1. The highest BCUT2D eigenvalue weighted by molar-refractivity contribution is 7.11. The summed E-state index contributed by atoms with van der Waals surface area (Å²) < 4.78 is 0. The molecule has 2 aromatic rings. The molecule has 0 radical (unpaired) electrons. The van der Waals surface area contributed by atoms with Crippen molar-refractivity contribution in [3.05, 3.63) is 50.4 Å². The maximum absolute atomic E-state index is 10.6. The first kappa shape index (κ1) is 13.5. The maximum Gasteiger partial charge on any atom is 0.0962 e. The second-order valence-electron chi connectivity index (χ2n) is 4.68. The van der Waals surface area contributed by atoms with Crippen molar-refractivity contribution in [2.75, 3.05) is 0 Å². The summed E-state index contributed by atoms with van der Waals surface area (Å²) in [6, 6.07) is 7.40. The van der Waals surface area contributed by atoms with Crippen molar-refractivity contribution in [3.63, 3.8) is 0 Å². The van der Waals surface area contributed by atoms with Crippen molar-refractivity contribution in [2.24, 2.45) is 0 Å². The molecule has 96 valence electrons. The van der Waals surface area contributed by atoms with Gasteiger partial charge in [0.1, 0.15) is 0 Å². The Morgan fingerprint density at radius 3 is 2.56 bits per heavy atom. The normalized spacial score (nSPS) is 14.5. The molecule has 18 heavy (non-hydrogen) atoms. The van der Waals surface area contributed by atoms with E-state index in [1.165, 1.54) is 4.88 Å². The van der Waals surface area contributed by atoms with Gasteiger partial charge >= 0.3 is 0 Å². The molecule has 4 heteroatoms. The topological polar surface area (TPSA) is 33.1 Å². The van der Waals surface area contributed by atoms with Gasteiger partial charge in [-0.25, -0.2) is 4.98 Å². The molecular weight excluding hydrogens is 266 g/mol. The van der Waals surface area contributed by atoms with E-state index in [4.69, 9.17) is 11.6 Å². The molecule has 0 saturated heterocycles. The highest BCUT2D eigenvalue weighted by atomic mass is 35.5. The van der Waals surface area contributed by atoms with Gasteiger partial charge < -0.3 is 5.11 Å². The molecule has 2 nitrogen and oxygen atoms in total. The first-order valence-electron chi connectivity index (χ1n) is 5.80. The molecule has 0 aliphatic heterocycles. The predicted molar refractivity (Wildman–Crippen MR) is 76.3 cm³/mol. The number of aliphatic hydroxyl groups is 1. The summed E-state index contributed by atoms with van der Waals surface area (Å²) in [6.45, 7) is 5.81. The second kappa shape index (κ2) is 5.00. The quantitative estimate of drug-likeness (QED) is 0.927. The van der Waals surface area contributed by atoms with Crippen molar-refractivity contribution >= 4 is 22.9 Å². The van der Waals surface area contributed by atoms with Crippen molar-refractivity contribution in [3.8, 4) is 0 Å². The van der Waals surface area contributed by atoms with Crippen molar-refractivity contribution in [1.29, 1.82) is 0 Å². The van der Waals surface area contributed by atoms with Crippen LogP contribution in [0.1, 0.15) is 28.1 Å². The van der Waals surface area contributed by atoms with Crippen LogP contribution in [0.5, 0.6) is 0 Å². The van der Waals surface area contributed by atoms with Crippen LogP contribution in [0, 0.1) is 13.8 Å². The highest BCUT2D eigenvalue weighted by Crippen LogP contribution is 2.32. The standard InChI is InChI=1S/C14H16ClNOS/c1-9-10(2)18-13(16-9)8-14(3,17)11-6-4-5-7-12(11)15/h4-7,17H,8H2,1-3H3. The smallest absolute Gasteiger partial charge is 0.0962 e. The summed E-state index contributed by atoms with van der Waals surface area (Å²) in [4.78, 5) is 5.66. The van der Waals surface area contributed by atoms with Gasteiger partial charge in [-0.2, -0.15) is 0 Å². The van der Waals surface area contributed by atoms with Gasteiger partial charge in [0.15, 0.2) is 0 Å². The average Bonchev–Trinajstić information content (AvgIpc) is 2.57. The SMILES string of the molecule is Cc1nc(CC(C)(O)c2ccccc2Cl)sc1C. The van der Waals surface area contributed by atoms with Crippen LogP contribution in [0.15, 0.2) is 24.3 Å². The zero-order valence-corrected chi connectivity index (χ0v) is 12.3. The van der Waals surface area contributed by atoms with Gasteiger partial charge in [0.05, 0.1) is 16.3 Å². The Morgan fingerprint density at radius 2 is 2.00 bits per heavy atom. The van der Waals surface area contributed by atoms with Gasteiger partial charge in [0.2, 0.25) is 0 Å². The largest absolute Gasteiger partial charge is 0.385 e. The molecule has 1 aromatic carbocycles. The zero-order valence-electron chi connectivity index (χ0n) is 10.7. The molecule has 2 rings (SSSR count). The Morgan fingerprint density at radius 1 is 1.33 bits per heavy atom. The molecule has 0 fully saturated rings. The summed E-state index contributed by atoms with van der Waals surface area (Å²) in [5, 5.41) is 12.1. The summed E-state index contributed by atoms with van der Waals surface area (Å²) in [6.07, 6.45) is 0.482. The molecule has 1 heterocycles. The van der Waals surface area contributed by atoms with E-state index >= 15 is 0 Å². The van der Waals surface area contributed by atoms with E-state index in [-0.39, 0.29) is 0 Å². The lowest BCUT2D eigenvalue weighted by atomic mass is 9.93. The Bertz CT molecular complexity index is 543. The van der Waals surface area contributed by atoms with Crippen LogP contribution in [0.3, 0.4) is 0 Å². The van der Waals surface area contributed by atoms with Crippen molar-refractivity contribution < 1.29 is 5.11 Å². The summed E-state index contributed by atoms with van der Waals surface area (Å²) in [5.74, 6) is 0. The zero-order chi connectivity index (χ0) is 13.3. The molecule has 0 spiro atoms. The fraction of sp³-hybridized carbons (Fsp3) is 0.357. The minimum absolute atomic E-state index is 0.482. The van der Waals surface area contributed by atoms with Crippen molar-refractivity contribution in [2.45, 2.75) is 32.8 Å². The van der Waals surface area contributed by atoms with Crippen molar-refractivity contribution in [1.82, 2.24) is 4.98 Å². The van der Waals surface area contributed by atoms with Gasteiger partial charge in [-0.1, -0.05) is 29.8 Å². The molecule has 1 unspecified atom stereocenters. The number of halogens is 1. The van der Waals surface area contributed by atoms with Crippen LogP contribution in [-0.2, 0) is 12.0 Å². The molecule has 1 aromatic heterocycles. The number of aryl methyl sites for hydroxylation is 2. The third-order valence-electron chi connectivity index (χ3n) is 3.02. The maximum atomic E-state index is 10.6. The van der Waals surface area contributed by atoms with Crippen LogP contribution in [0.2, 0.25) is 5.02 Å². The van der Waals surface area contributed by atoms with Gasteiger partial charge in [0, 0.05) is 21.9 Å². The Balaban J connectivity index is 2.29. The Hall–Kier alpha value is -0.900. The molecule has 0 bridgehead atoms. The van der Waals surface area contributed by atoms with E-state index < -0.39 is 5.60 Å². The van der Waals surface area contributed by atoms with Crippen LogP contribution < -0.4 is 0 Å². The second-order valence-corrected chi connectivity index (χ2v) is 6.37. The lowest BCUT2D eigenvalue weighted by molar-refractivity contribution is 0.0576. The van der Waals surface area contributed by atoms with E-state index in [1.807, 2.05) is 32.0 Å². The van der Waals surface area contributed by atoms with E-state index in [9.17, 15) is 5.11 Å². The summed E-state index contributed by atoms with van der Waals surface area (Å²) in [5.41, 5.74) is 0.789. The Labute approximate surface area is 116 Å². The summed E-state index contributed by atoms with van der Waals surface area (Å²) in [7, 11) is 0. The fourth-order valence-electron chi connectivity index (χ4n) is 1.90. The van der Waals surface area contributed by atoms with Gasteiger partial charge in [0.25, 0.3) is 0 Å². The minimum Gasteiger partial charge on any atom is -0.385 e. The number of hydrogen-bond donors (Lipinski definition) is 1. The number of aromatic nitrogens is 1. The lowest BCUT2D eigenvalue weighted by Crippen LogP contribution is -2.24. The third-order valence-corrected chi connectivity index (χ3v) is 4.42. The van der Waals surface area contributed by atoms with Gasteiger partial charge in [-0.05, 0) is 26.8 Å². The van der Waals surface area contributed by atoms with E-state index in [1.54, 1.807) is 24.3 Å². The third kappa shape index (κ3) is 2.74.